The number of hydrogen-bond donors (Lipinski definition) is 3. The van der Waals surface area contributed by atoms with Crippen molar-refractivity contribution in [1.82, 2.24) is 10.2 Å². The molecule has 0 radical (unpaired) electrons. The van der Waals surface area contributed by atoms with Gasteiger partial charge in [0, 0.05) is 18.7 Å². The van der Waals surface area contributed by atoms with Gasteiger partial charge < -0.3 is 25.4 Å². The summed E-state index contributed by atoms with van der Waals surface area (Å²) in [5.74, 6) is -2.02. The van der Waals surface area contributed by atoms with E-state index in [4.69, 9.17) is 4.74 Å². The Balaban J connectivity index is 1.73. The van der Waals surface area contributed by atoms with Crippen molar-refractivity contribution in [2.45, 2.75) is 38.3 Å². The summed E-state index contributed by atoms with van der Waals surface area (Å²) in [5, 5.41) is 16.2. The average molecular weight is 520 g/mol. The van der Waals surface area contributed by atoms with Crippen LogP contribution < -0.4 is 15.4 Å². The molecule has 8 nitrogen and oxygen atoms in total. The van der Waals surface area contributed by atoms with E-state index in [2.05, 4.69) is 17.6 Å². The molecule has 38 heavy (non-hydrogen) atoms. The van der Waals surface area contributed by atoms with Gasteiger partial charge in [0.15, 0.2) is 0 Å². The number of ether oxygens (including phenoxy) is 1. The number of aliphatic hydroxyl groups is 1. The van der Waals surface area contributed by atoms with Gasteiger partial charge in [-0.25, -0.2) is 0 Å². The maximum absolute atomic E-state index is 14.2. The zero-order valence-corrected chi connectivity index (χ0v) is 22.2. The lowest BCUT2D eigenvalue weighted by atomic mass is 9.68. The number of nitrogens with zero attached hydrogens (tertiary/aromatic N) is 1. The molecule has 0 spiro atoms. The minimum absolute atomic E-state index is 0.0999. The summed E-state index contributed by atoms with van der Waals surface area (Å²) >= 11 is 0. The van der Waals surface area contributed by atoms with E-state index in [-0.39, 0.29) is 30.2 Å². The number of fused-ring (bicyclic) bond motifs is 1. The molecule has 0 saturated carbocycles. The van der Waals surface area contributed by atoms with Crippen molar-refractivity contribution in [2.24, 2.45) is 23.7 Å². The summed E-state index contributed by atoms with van der Waals surface area (Å²) in [4.78, 5) is 42.7. The summed E-state index contributed by atoms with van der Waals surface area (Å²) in [5.41, 5.74) is 1.52. The van der Waals surface area contributed by atoms with Crippen LogP contribution in [0.5, 0.6) is 5.75 Å². The van der Waals surface area contributed by atoms with Gasteiger partial charge in [-0.05, 0) is 48.6 Å². The molecule has 6 atom stereocenters. The lowest BCUT2D eigenvalue weighted by Gasteiger charge is -2.34. The standard InChI is InChI=1S/C30H37N3O5/c1-4-8-20-11-16-24-26(25(20)28(35)31-2)30(37)33(22(18-34)17-19-9-6-5-7-10-19)27(24)29(36)32-21-12-14-23(38-3)15-13-21/h5-7,9-16,20,22,24-27,34H,4,8,17-18H2,1-3H3,(H,31,35)(H,32,36)/t20-,22-,24+,25-,26-,27+/m1/s1. The third kappa shape index (κ3) is 5.45. The summed E-state index contributed by atoms with van der Waals surface area (Å²) in [6.45, 7) is 1.75. The van der Waals surface area contributed by atoms with E-state index < -0.39 is 29.8 Å². The highest BCUT2D eigenvalue weighted by atomic mass is 16.5. The Morgan fingerprint density at radius 1 is 1.05 bits per heavy atom. The Labute approximate surface area is 224 Å². The van der Waals surface area contributed by atoms with Gasteiger partial charge in [0.25, 0.3) is 0 Å². The second kappa shape index (κ2) is 12.3. The first kappa shape index (κ1) is 27.4. The van der Waals surface area contributed by atoms with Gasteiger partial charge in [0.1, 0.15) is 11.8 Å². The van der Waals surface area contributed by atoms with Crippen LogP contribution in [0.15, 0.2) is 66.7 Å². The molecule has 8 heteroatoms. The van der Waals surface area contributed by atoms with Crippen molar-refractivity contribution < 1.29 is 24.2 Å². The van der Waals surface area contributed by atoms with E-state index in [0.29, 0.717) is 17.9 Å². The predicted octanol–water partition coefficient (Wildman–Crippen LogP) is 3.03. The maximum atomic E-state index is 14.2. The van der Waals surface area contributed by atoms with E-state index in [1.165, 1.54) is 4.90 Å². The first-order chi connectivity index (χ1) is 18.4. The molecular formula is C30H37N3O5. The molecule has 1 aliphatic heterocycles. The second-order valence-corrected chi connectivity index (χ2v) is 10.0. The fourth-order valence-corrected chi connectivity index (χ4v) is 6.00. The lowest BCUT2D eigenvalue weighted by Crippen LogP contribution is -2.51. The van der Waals surface area contributed by atoms with Crippen molar-refractivity contribution in [3.63, 3.8) is 0 Å². The Morgan fingerprint density at radius 3 is 2.37 bits per heavy atom. The number of nitrogens with one attached hydrogen (secondary N) is 2. The van der Waals surface area contributed by atoms with Crippen LogP contribution in [0.25, 0.3) is 0 Å². The molecule has 1 aliphatic carbocycles. The zero-order chi connectivity index (χ0) is 27.2. The molecule has 2 aliphatic rings. The highest BCUT2D eigenvalue weighted by molar-refractivity contribution is 6.02. The topological polar surface area (TPSA) is 108 Å². The SMILES string of the molecule is CCC[C@@H]1C=C[C@H]2[C@@H](C(=O)N([C@@H](CO)Cc3ccccc3)[C@@H]2C(=O)Nc2ccc(OC)cc2)[C@@H]1C(=O)NC. The maximum Gasteiger partial charge on any atom is 0.247 e. The smallest absolute Gasteiger partial charge is 0.247 e. The van der Waals surface area contributed by atoms with Crippen LogP contribution in [0.3, 0.4) is 0 Å². The molecule has 3 amide bonds. The molecule has 2 aromatic rings. The van der Waals surface area contributed by atoms with Crippen LogP contribution >= 0.6 is 0 Å². The second-order valence-electron chi connectivity index (χ2n) is 10.0. The summed E-state index contributed by atoms with van der Waals surface area (Å²) in [7, 11) is 3.15. The van der Waals surface area contributed by atoms with E-state index in [0.717, 1.165) is 18.4 Å². The van der Waals surface area contributed by atoms with Gasteiger partial charge >= 0.3 is 0 Å². The molecule has 0 unspecified atom stereocenters. The molecule has 2 aromatic carbocycles. The van der Waals surface area contributed by atoms with Gasteiger partial charge in [-0.1, -0.05) is 55.8 Å². The zero-order valence-electron chi connectivity index (χ0n) is 22.2. The minimum atomic E-state index is -0.874. The quantitative estimate of drug-likeness (QED) is 0.418. The molecule has 1 heterocycles. The normalized spacial score (nSPS) is 25.0. The highest BCUT2D eigenvalue weighted by Gasteiger charge is 2.58. The van der Waals surface area contributed by atoms with Crippen molar-refractivity contribution in [3.05, 3.63) is 72.3 Å². The number of allylic oxidation sites excluding steroid dienone is 1. The molecule has 1 fully saturated rings. The Hall–Kier alpha value is -3.65. The van der Waals surface area contributed by atoms with Crippen molar-refractivity contribution in [1.29, 1.82) is 0 Å². The number of anilines is 1. The van der Waals surface area contributed by atoms with E-state index >= 15 is 0 Å². The van der Waals surface area contributed by atoms with E-state index in [1.54, 1.807) is 38.4 Å². The Kier molecular flexibility index (Phi) is 8.84. The molecule has 202 valence electrons. The number of carbonyl (C=O) groups is 3. The fraction of sp³-hybridized carbons (Fsp3) is 0.433. The number of hydrogen-bond acceptors (Lipinski definition) is 5. The number of likely N-dealkylation sites (tertiary alicyclic amines) is 1. The molecule has 0 aromatic heterocycles. The van der Waals surface area contributed by atoms with Gasteiger partial charge in [-0.3, -0.25) is 14.4 Å². The summed E-state index contributed by atoms with van der Waals surface area (Å²) < 4.78 is 5.21. The summed E-state index contributed by atoms with van der Waals surface area (Å²) in [6.07, 6.45) is 5.97. The Morgan fingerprint density at radius 2 is 1.76 bits per heavy atom. The highest BCUT2D eigenvalue weighted by Crippen LogP contribution is 2.46. The van der Waals surface area contributed by atoms with Crippen LogP contribution in [-0.2, 0) is 20.8 Å². The molecule has 1 saturated heterocycles. The van der Waals surface area contributed by atoms with Crippen molar-refractivity contribution in [2.75, 3.05) is 26.1 Å². The molecule has 3 N–H and O–H groups in total. The number of amides is 3. The van der Waals surface area contributed by atoms with Crippen molar-refractivity contribution >= 4 is 23.4 Å². The number of methoxy groups -OCH3 is 1. The van der Waals surface area contributed by atoms with Crippen LogP contribution in [0.4, 0.5) is 5.69 Å². The van der Waals surface area contributed by atoms with Crippen LogP contribution in [0.1, 0.15) is 25.3 Å². The van der Waals surface area contributed by atoms with E-state index in [1.807, 2.05) is 42.5 Å². The van der Waals surface area contributed by atoms with Crippen LogP contribution in [0, 0.1) is 23.7 Å². The fourth-order valence-electron chi connectivity index (χ4n) is 6.00. The third-order valence-electron chi connectivity index (χ3n) is 7.76. The lowest BCUT2D eigenvalue weighted by molar-refractivity contribution is -0.142. The van der Waals surface area contributed by atoms with Gasteiger partial charge in [-0.15, -0.1) is 0 Å². The van der Waals surface area contributed by atoms with E-state index in [9.17, 15) is 19.5 Å². The van der Waals surface area contributed by atoms with Crippen molar-refractivity contribution in [3.8, 4) is 5.75 Å². The minimum Gasteiger partial charge on any atom is -0.497 e. The van der Waals surface area contributed by atoms with Gasteiger partial charge in [-0.2, -0.15) is 0 Å². The van der Waals surface area contributed by atoms with Gasteiger partial charge in [0.2, 0.25) is 17.7 Å². The first-order valence-electron chi connectivity index (χ1n) is 13.2. The van der Waals surface area contributed by atoms with Crippen LogP contribution in [-0.4, -0.2) is 60.6 Å². The Bertz CT molecular complexity index is 1150. The molecule has 4 rings (SSSR count). The molecule has 0 bridgehead atoms. The largest absolute Gasteiger partial charge is 0.497 e. The number of carbonyl (C=O) groups excluding carboxylic acids is 3. The summed E-state index contributed by atoms with van der Waals surface area (Å²) in [6, 6.07) is 15.1. The van der Waals surface area contributed by atoms with Crippen LogP contribution in [0.2, 0.25) is 0 Å². The molecular weight excluding hydrogens is 482 g/mol. The third-order valence-corrected chi connectivity index (χ3v) is 7.76. The number of benzene rings is 2. The monoisotopic (exact) mass is 519 g/mol. The average Bonchev–Trinajstić information content (AvgIpc) is 3.24. The predicted molar refractivity (Wildman–Crippen MR) is 145 cm³/mol. The van der Waals surface area contributed by atoms with Gasteiger partial charge in [0.05, 0.1) is 31.6 Å². The number of rotatable bonds is 10. The first-order valence-corrected chi connectivity index (χ1v) is 13.2. The number of aliphatic hydroxyl groups excluding tert-OH is 1.